The van der Waals surface area contributed by atoms with E-state index < -0.39 is 11.7 Å². The number of methoxy groups -OCH3 is 1. The Morgan fingerprint density at radius 3 is 2.56 bits per heavy atom. The van der Waals surface area contributed by atoms with Gasteiger partial charge in [0.15, 0.2) is 5.82 Å². The number of fused-ring (bicyclic) bond motifs is 1. The number of imidazole rings is 1. The fraction of sp³-hybridized carbons (Fsp3) is 0.217. The summed E-state index contributed by atoms with van der Waals surface area (Å²) in [5, 5.41) is 4.31. The summed E-state index contributed by atoms with van der Waals surface area (Å²) in [4.78, 5) is 20.5. The molecule has 32 heavy (non-hydrogen) atoms. The molecule has 0 bridgehead atoms. The van der Waals surface area contributed by atoms with Crippen LogP contribution in [0.3, 0.4) is 0 Å². The summed E-state index contributed by atoms with van der Waals surface area (Å²) in [6.07, 6.45) is 1.77. The van der Waals surface area contributed by atoms with Crippen molar-refractivity contribution in [2.24, 2.45) is 5.73 Å². The van der Waals surface area contributed by atoms with E-state index in [0.29, 0.717) is 29.0 Å². The van der Waals surface area contributed by atoms with Gasteiger partial charge in [0, 0.05) is 23.5 Å². The second-order valence-electron chi connectivity index (χ2n) is 7.76. The highest BCUT2D eigenvalue weighted by Crippen LogP contribution is 2.31. The average Bonchev–Trinajstić information content (AvgIpc) is 3.15. The molecule has 1 amide bonds. The standard InChI is InChI=1S/C23H23FN6O2/c1-12(2)23-29-18(19-21(25)27-11-28-30(19)23)14-6-4-13(5-7-14)8-15-9-16(24)10-17(22(26)31)20(15)32-3/h4-7,9-12H,8H2,1-3H3,(H2,26,31)(H2,25,27,28). The van der Waals surface area contributed by atoms with Gasteiger partial charge < -0.3 is 16.2 Å². The van der Waals surface area contributed by atoms with Gasteiger partial charge >= 0.3 is 0 Å². The third kappa shape index (κ3) is 3.73. The molecule has 0 unspecified atom stereocenters. The first-order valence-electron chi connectivity index (χ1n) is 10.0. The number of anilines is 1. The summed E-state index contributed by atoms with van der Waals surface area (Å²) in [5.41, 5.74) is 15.1. The number of aromatic nitrogens is 4. The van der Waals surface area contributed by atoms with E-state index in [1.54, 1.807) is 4.52 Å². The number of carbonyl (C=O) groups excluding carboxylic acids is 1. The zero-order valence-electron chi connectivity index (χ0n) is 18.0. The van der Waals surface area contributed by atoms with Crippen molar-refractivity contribution in [3.05, 3.63) is 71.1 Å². The van der Waals surface area contributed by atoms with E-state index in [2.05, 4.69) is 10.1 Å². The molecule has 0 atom stereocenters. The fourth-order valence-electron chi connectivity index (χ4n) is 3.76. The number of rotatable bonds is 6. The largest absolute Gasteiger partial charge is 0.496 e. The second kappa shape index (κ2) is 8.26. The number of nitrogens with zero attached hydrogens (tertiary/aromatic N) is 4. The minimum Gasteiger partial charge on any atom is -0.496 e. The lowest BCUT2D eigenvalue weighted by atomic mass is 9.99. The Labute approximate surface area is 184 Å². The molecule has 0 aliphatic carbocycles. The Hall–Kier alpha value is -4.01. The van der Waals surface area contributed by atoms with Crippen molar-refractivity contribution in [1.82, 2.24) is 19.6 Å². The van der Waals surface area contributed by atoms with Crippen molar-refractivity contribution in [2.75, 3.05) is 12.8 Å². The van der Waals surface area contributed by atoms with E-state index in [1.807, 2.05) is 38.1 Å². The predicted molar refractivity (Wildman–Crippen MR) is 119 cm³/mol. The number of primary amides is 1. The first-order chi connectivity index (χ1) is 15.3. The molecule has 4 N–H and O–H groups in total. The molecule has 8 nitrogen and oxygen atoms in total. The maximum Gasteiger partial charge on any atom is 0.252 e. The molecular formula is C23H23FN6O2. The average molecular weight is 434 g/mol. The molecule has 0 saturated carbocycles. The third-order valence-electron chi connectivity index (χ3n) is 5.22. The van der Waals surface area contributed by atoms with Crippen molar-refractivity contribution in [3.63, 3.8) is 0 Å². The van der Waals surface area contributed by atoms with Crippen molar-refractivity contribution in [2.45, 2.75) is 26.2 Å². The number of hydrogen-bond donors (Lipinski definition) is 2. The lowest BCUT2D eigenvalue weighted by Crippen LogP contribution is -2.14. The van der Waals surface area contributed by atoms with Crippen LogP contribution in [0, 0.1) is 5.82 Å². The number of hydrogen-bond acceptors (Lipinski definition) is 6. The van der Waals surface area contributed by atoms with Crippen molar-refractivity contribution in [1.29, 1.82) is 0 Å². The van der Waals surface area contributed by atoms with Gasteiger partial charge in [-0.15, -0.1) is 0 Å². The second-order valence-corrected chi connectivity index (χ2v) is 7.76. The number of nitrogens with two attached hydrogens (primary N) is 2. The van der Waals surface area contributed by atoms with Crippen molar-refractivity contribution >= 4 is 17.2 Å². The van der Waals surface area contributed by atoms with E-state index >= 15 is 0 Å². The van der Waals surface area contributed by atoms with Crippen LogP contribution in [0.4, 0.5) is 10.2 Å². The maximum absolute atomic E-state index is 14.0. The number of halogens is 1. The summed E-state index contributed by atoms with van der Waals surface area (Å²) >= 11 is 0. The summed E-state index contributed by atoms with van der Waals surface area (Å²) in [5.74, 6) is 0.260. The van der Waals surface area contributed by atoms with Crippen LogP contribution in [0.25, 0.3) is 16.8 Å². The van der Waals surface area contributed by atoms with Gasteiger partial charge in [-0.2, -0.15) is 5.10 Å². The highest BCUT2D eigenvalue weighted by atomic mass is 19.1. The Morgan fingerprint density at radius 2 is 1.94 bits per heavy atom. The Morgan fingerprint density at radius 1 is 1.22 bits per heavy atom. The van der Waals surface area contributed by atoms with Crippen molar-refractivity contribution in [3.8, 4) is 17.0 Å². The Bertz CT molecular complexity index is 1310. The number of ether oxygens (including phenoxy) is 1. The van der Waals surface area contributed by atoms with Gasteiger partial charge in [-0.05, 0) is 17.7 Å². The topological polar surface area (TPSA) is 121 Å². The van der Waals surface area contributed by atoms with Crippen LogP contribution in [0.1, 0.15) is 47.1 Å². The van der Waals surface area contributed by atoms with E-state index in [1.165, 1.54) is 19.5 Å². The molecule has 0 radical (unpaired) electrons. The van der Waals surface area contributed by atoms with E-state index in [-0.39, 0.29) is 17.2 Å². The van der Waals surface area contributed by atoms with Crippen molar-refractivity contribution < 1.29 is 13.9 Å². The molecule has 4 rings (SSSR count). The van der Waals surface area contributed by atoms with E-state index in [4.69, 9.17) is 21.2 Å². The van der Waals surface area contributed by atoms with Gasteiger partial charge in [0.2, 0.25) is 0 Å². The van der Waals surface area contributed by atoms with Crippen LogP contribution in [0.5, 0.6) is 5.75 Å². The molecule has 2 heterocycles. The normalized spacial score (nSPS) is 11.3. The Balaban J connectivity index is 1.73. The van der Waals surface area contributed by atoms with Gasteiger partial charge in [-0.1, -0.05) is 38.1 Å². The monoisotopic (exact) mass is 434 g/mol. The molecule has 0 aliphatic rings. The van der Waals surface area contributed by atoms with Gasteiger partial charge in [0.1, 0.15) is 34.9 Å². The van der Waals surface area contributed by atoms with Crippen LogP contribution < -0.4 is 16.2 Å². The van der Waals surface area contributed by atoms with Crippen LogP contribution in [-0.2, 0) is 6.42 Å². The minimum atomic E-state index is -0.745. The molecule has 9 heteroatoms. The SMILES string of the molecule is COc1c(Cc2ccc(-c3nc(C(C)C)n4ncnc(N)c34)cc2)cc(F)cc1C(N)=O. The summed E-state index contributed by atoms with van der Waals surface area (Å²) in [6.45, 7) is 4.07. The third-order valence-corrected chi connectivity index (χ3v) is 5.22. The lowest BCUT2D eigenvalue weighted by Gasteiger charge is -2.12. The zero-order valence-corrected chi connectivity index (χ0v) is 18.0. The summed E-state index contributed by atoms with van der Waals surface area (Å²) in [7, 11) is 1.43. The number of amides is 1. The number of carbonyl (C=O) groups is 1. The summed E-state index contributed by atoms with van der Waals surface area (Å²) in [6, 6.07) is 10.1. The van der Waals surface area contributed by atoms with Gasteiger partial charge in [0.25, 0.3) is 5.91 Å². The van der Waals surface area contributed by atoms with Crippen LogP contribution >= 0.6 is 0 Å². The van der Waals surface area contributed by atoms with E-state index in [0.717, 1.165) is 23.0 Å². The van der Waals surface area contributed by atoms with Crippen LogP contribution in [0.15, 0.2) is 42.7 Å². The van der Waals surface area contributed by atoms with Gasteiger partial charge in [0.05, 0.1) is 12.7 Å². The maximum atomic E-state index is 14.0. The van der Waals surface area contributed by atoms with Crippen LogP contribution in [-0.4, -0.2) is 32.6 Å². The summed E-state index contributed by atoms with van der Waals surface area (Å²) < 4.78 is 21.1. The highest BCUT2D eigenvalue weighted by molar-refractivity contribution is 5.96. The quantitative estimate of drug-likeness (QED) is 0.480. The molecule has 4 aromatic rings. The zero-order chi connectivity index (χ0) is 23.0. The Kier molecular flexibility index (Phi) is 5.48. The number of nitrogen functional groups attached to an aromatic ring is 1. The molecular weight excluding hydrogens is 411 g/mol. The first-order valence-corrected chi connectivity index (χ1v) is 10.0. The molecule has 0 fully saturated rings. The lowest BCUT2D eigenvalue weighted by molar-refractivity contribution is 0.0996. The molecule has 0 aliphatic heterocycles. The smallest absolute Gasteiger partial charge is 0.252 e. The number of benzene rings is 2. The molecule has 2 aromatic heterocycles. The predicted octanol–water partition coefficient (Wildman–Crippen LogP) is 3.33. The minimum absolute atomic E-state index is 0.0142. The van der Waals surface area contributed by atoms with Gasteiger partial charge in [-0.25, -0.2) is 18.9 Å². The fourth-order valence-corrected chi connectivity index (χ4v) is 3.76. The van der Waals surface area contributed by atoms with Crippen LogP contribution in [0.2, 0.25) is 0 Å². The molecule has 0 saturated heterocycles. The molecule has 0 spiro atoms. The first kappa shape index (κ1) is 21.2. The van der Waals surface area contributed by atoms with E-state index in [9.17, 15) is 9.18 Å². The van der Waals surface area contributed by atoms with Gasteiger partial charge in [-0.3, -0.25) is 4.79 Å². The highest BCUT2D eigenvalue weighted by Gasteiger charge is 2.19. The molecule has 164 valence electrons. The molecule has 2 aromatic carbocycles.